The summed E-state index contributed by atoms with van der Waals surface area (Å²) in [4.78, 5) is 3.62. The first-order chi connectivity index (χ1) is 9.37. The molecule has 0 radical (unpaired) electrons. The van der Waals surface area contributed by atoms with E-state index < -0.39 is 24.0 Å². The van der Waals surface area contributed by atoms with Gasteiger partial charge in [0.05, 0.1) is 12.2 Å². The molecule has 2 aromatic rings. The van der Waals surface area contributed by atoms with Gasteiger partial charge in [-0.1, -0.05) is 18.2 Å². The summed E-state index contributed by atoms with van der Waals surface area (Å²) in [6.45, 7) is 0. The summed E-state index contributed by atoms with van der Waals surface area (Å²) in [5.41, 5.74) is 6.20. The van der Waals surface area contributed by atoms with Crippen molar-refractivity contribution in [3.8, 4) is 5.75 Å². The SMILES string of the molecule is NC(c1cncc(F)c1)c1ccccc1OC(F)(F)F. The molecule has 2 N–H and O–H groups in total. The molecule has 0 aliphatic rings. The Morgan fingerprint density at radius 3 is 2.50 bits per heavy atom. The van der Waals surface area contributed by atoms with Crippen LogP contribution in [0.1, 0.15) is 17.2 Å². The molecule has 0 saturated carbocycles. The smallest absolute Gasteiger partial charge is 0.405 e. The maximum Gasteiger partial charge on any atom is 0.573 e. The van der Waals surface area contributed by atoms with Gasteiger partial charge in [-0.3, -0.25) is 4.98 Å². The van der Waals surface area contributed by atoms with Gasteiger partial charge >= 0.3 is 6.36 Å². The molecule has 0 saturated heterocycles. The highest BCUT2D eigenvalue weighted by Gasteiger charge is 2.32. The monoisotopic (exact) mass is 286 g/mol. The van der Waals surface area contributed by atoms with Gasteiger partial charge in [0.2, 0.25) is 0 Å². The number of benzene rings is 1. The predicted molar refractivity (Wildman–Crippen MR) is 63.4 cm³/mol. The molecule has 20 heavy (non-hydrogen) atoms. The first-order valence-electron chi connectivity index (χ1n) is 5.57. The van der Waals surface area contributed by atoms with E-state index in [9.17, 15) is 17.6 Å². The maximum atomic E-state index is 13.1. The van der Waals surface area contributed by atoms with E-state index >= 15 is 0 Å². The number of alkyl halides is 3. The van der Waals surface area contributed by atoms with Crippen molar-refractivity contribution in [3.63, 3.8) is 0 Å². The number of hydrogen-bond acceptors (Lipinski definition) is 3. The molecule has 0 aliphatic carbocycles. The van der Waals surface area contributed by atoms with Crippen molar-refractivity contribution in [3.05, 3.63) is 59.7 Å². The van der Waals surface area contributed by atoms with Gasteiger partial charge in [-0.25, -0.2) is 4.39 Å². The minimum atomic E-state index is -4.82. The van der Waals surface area contributed by atoms with Crippen LogP contribution in [-0.4, -0.2) is 11.3 Å². The van der Waals surface area contributed by atoms with Crippen molar-refractivity contribution in [1.82, 2.24) is 4.98 Å². The number of aromatic nitrogens is 1. The van der Waals surface area contributed by atoms with E-state index in [4.69, 9.17) is 5.73 Å². The lowest BCUT2D eigenvalue weighted by Crippen LogP contribution is -2.20. The highest BCUT2D eigenvalue weighted by atomic mass is 19.4. The second-order valence-electron chi connectivity index (χ2n) is 4.00. The van der Waals surface area contributed by atoms with E-state index in [2.05, 4.69) is 9.72 Å². The van der Waals surface area contributed by atoms with E-state index in [1.54, 1.807) is 0 Å². The lowest BCUT2D eigenvalue weighted by atomic mass is 10.0. The summed E-state index contributed by atoms with van der Waals surface area (Å²) in [7, 11) is 0. The molecule has 1 aromatic carbocycles. The molecule has 1 aromatic heterocycles. The Labute approximate surface area is 112 Å². The van der Waals surface area contributed by atoms with Gasteiger partial charge < -0.3 is 10.5 Å². The van der Waals surface area contributed by atoms with Crippen LogP contribution in [-0.2, 0) is 0 Å². The molecule has 0 bridgehead atoms. The molecule has 106 valence electrons. The fourth-order valence-electron chi connectivity index (χ4n) is 1.73. The molecule has 7 heteroatoms. The van der Waals surface area contributed by atoms with Crippen LogP contribution in [0, 0.1) is 5.82 Å². The van der Waals surface area contributed by atoms with Crippen LogP contribution in [0.25, 0.3) is 0 Å². The number of nitrogens with two attached hydrogens (primary N) is 1. The summed E-state index contributed by atoms with van der Waals surface area (Å²) in [6.07, 6.45) is -2.55. The number of para-hydroxylation sites is 1. The van der Waals surface area contributed by atoms with E-state index in [-0.39, 0.29) is 11.1 Å². The van der Waals surface area contributed by atoms with Gasteiger partial charge in [-0.15, -0.1) is 13.2 Å². The Kier molecular flexibility index (Phi) is 3.89. The van der Waals surface area contributed by atoms with Gasteiger partial charge in [0.25, 0.3) is 0 Å². The Morgan fingerprint density at radius 2 is 1.85 bits per heavy atom. The number of halogens is 4. The summed E-state index contributed by atoms with van der Waals surface area (Å²) >= 11 is 0. The Balaban J connectivity index is 2.37. The van der Waals surface area contributed by atoms with Crippen LogP contribution in [0.5, 0.6) is 5.75 Å². The molecule has 0 fully saturated rings. The zero-order valence-electron chi connectivity index (χ0n) is 10.1. The summed E-state index contributed by atoms with van der Waals surface area (Å²) in [6, 6.07) is 5.58. The van der Waals surface area contributed by atoms with Crippen molar-refractivity contribution in [2.45, 2.75) is 12.4 Å². The molecule has 1 unspecified atom stereocenters. The summed E-state index contributed by atoms with van der Waals surface area (Å²) < 4.78 is 53.9. The number of nitrogens with zero attached hydrogens (tertiary/aromatic N) is 1. The highest BCUT2D eigenvalue weighted by Crippen LogP contribution is 2.31. The number of hydrogen-bond donors (Lipinski definition) is 1. The number of rotatable bonds is 3. The van der Waals surface area contributed by atoms with E-state index in [1.807, 2.05) is 0 Å². The average Bonchev–Trinajstić information content (AvgIpc) is 2.37. The predicted octanol–water partition coefficient (Wildman–Crippen LogP) is 3.17. The molecule has 1 heterocycles. The molecule has 0 spiro atoms. The standard InChI is InChI=1S/C13H10F4N2O/c14-9-5-8(6-19-7-9)12(18)10-3-1-2-4-11(10)20-13(15,16)17/h1-7,12H,18H2. The molecular formula is C13H10F4N2O. The van der Waals surface area contributed by atoms with Gasteiger partial charge in [-0.2, -0.15) is 0 Å². The van der Waals surface area contributed by atoms with Crippen LogP contribution in [0.15, 0.2) is 42.7 Å². The van der Waals surface area contributed by atoms with Crippen molar-refractivity contribution in [2.75, 3.05) is 0 Å². The second kappa shape index (κ2) is 5.46. The zero-order valence-corrected chi connectivity index (χ0v) is 10.1. The first-order valence-corrected chi connectivity index (χ1v) is 5.57. The molecule has 0 aliphatic heterocycles. The van der Waals surface area contributed by atoms with Crippen LogP contribution in [0.3, 0.4) is 0 Å². The maximum absolute atomic E-state index is 13.1. The largest absolute Gasteiger partial charge is 0.573 e. The van der Waals surface area contributed by atoms with E-state index in [0.29, 0.717) is 0 Å². The minimum absolute atomic E-state index is 0.0947. The fourth-order valence-corrected chi connectivity index (χ4v) is 1.73. The highest BCUT2D eigenvalue weighted by molar-refractivity contribution is 5.40. The van der Waals surface area contributed by atoms with Crippen molar-refractivity contribution in [2.24, 2.45) is 5.73 Å². The van der Waals surface area contributed by atoms with Crippen LogP contribution in [0.4, 0.5) is 17.6 Å². The van der Waals surface area contributed by atoms with Crippen LogP contribution in [0.2, 0.25) is 0 Å². The quantitative estimate of drug-likeness (QED) is 0.882. The van der Waals surface area contributed by atoms with Gasteiger partial charge in [0, 0.05) is 11.8 Å². The minimum Gasteiger partial charge on any atom is -0.405 e. The summed E-state index contributed by atoms with van der Waals surface area (Å²) in [5, 5.41) is 0. The third kappa shape index (κ3) is 3.45. The third-order valence-electron chi connectivity index (χ3n) is 2.56. The zero-order chi connectivity index (χ0) is 14.8. The Bertz CT molecular complexity index is 601. The number of pyridine rings is 1. The Hall–Kier alpha value is -2.15. The van der Waals surface area contributed by atoms with Crippen molar-refractivity contribution < 1.29 is 22.3 Å². The summed E-state index contributed by atoms with van der Waals surface area (Å²) in [5.74, 6) is -1.04. The van der Waals surface area contributed by atoms with Gasteiger partial charge in [-0.05, 0) is 17.7 Å². The van der Waals surface area contributed by atoms with E-state index in [1.165, 1.54) is 24.4 Å². The first kappa shape index (κ1) is 14.3. The Morgan fingerprint density at radius 1 is 1.15 bits per heavy atom. The molecule has 2 rings (SSSR count). The third-order valence-corrected chi connectivity index (χ3v) is 2.56. The second-order valence-corrected chi connectivity index (χ2v) is 4.00. The van der Waals surface area contributed by atoms with Gasteiger partial charge in [0.1, 0.15) is 11.6 Å². The average molecular weight is 286 g/mol. The molecule has 0 amide bonds. The van der Waals surface area contributed by atoms with Crippen molar-refractivity contribution >= 4 is 0 Å². The van der Waals surface area contributed by atoms with Crippen LogP contribution < -0.4 is 10.5 Å². The lowest BCUT2D eigenvalue weighted by Gasteiger charge is -2.18. The molecular weight excluding hydrogens is 276 g/mol. The lowest BCUT2D eigenvalue weighted by molar-refractivity contribution is -0.274. The van der Waals surface area contributed by atoms with E-state index in [0.717, 1.165) is 18.3 Å². The normalized spacial score (nSPS) is 13.1. The van der Waals surface area contributed by atoms with Gasteiger partial charge in [0.15, 0.2) is 0 Å². The van der Waals surface area contributed by atoms with Crippen LogP contribution >= 0.6 is 0 Å². The topological polar surface area (TPSA) is 48.1 Å². The molecule has 3 nitrogen and oxygen atoms in total. The fraction of sp³-hybridized carbons (Fsp3) is 0.154. The van der Waals surface area contributed by atoms with Crippen molar-refractivity contribution in [1.29, 1.82) is 0 Å². The molecule has 1 atom stereocenters. The number of ether oxygens (including phenoxy) is 1.